The summed E-state index contributed by atoms with van der Waals surface area (Å²) in [5, 5.41) is 8.63. The lowest BCUT2D eigenvalue weighted by molar-refractivity contribution is 0.0763. The molecule has 0 aromatic carbocycles. The van der Waals surface area contributed by atoms with Gasteiger partial charge in [-0.25, -0.2) is 4.68 Å². The summed E-state index contributed by atoms with van der Waals surface area (Å²) in [6, 6.07) is 3.26. The summed E-state index contributed by atoms with van der Waals surface area (Å²) >= 11 is 0. The first-order valence-electron chi connectivity index (χ1n) is 8.07. The van der Waals surface area contributed by atoms with Crippen LogP contribution in [0.3, 0.4) is 0 Å². The van der Waals surface area contributed by atoms with E-state index in [2.05, 4.69) is 19.8 Å². The largest absolute Gasteiger partial charge is 0.298 e. The molecule has 0 spiro atoms. The van der Waals surface area contributed by atoms with E-state index in [-0.39, 0.29) is 5.56 Å². The predicted molar refractivity (Wildman–Crippen MR) is 82.4 cm³/mol. The zero-order valence-electron chi connectivity index (χ0n) is 12.7. The Morgan fingerprint density at radius 3 is 3.00 bits per heavy atom. The highest BCUT2D eigenvalue weighted by Crippen LogP contribution is 2.24. The van der Waals surface area contributed by atoms with Gasteiger partial charge in [-0.1, -0.05) is 0 Å². The van der Waals surface area contributed by atoms with E-state index in [0.717, 1.165) is 39.1 Å². The molecule has 116 valence electrons. The zero-order chi connectivity index (χ0) is 14.9. The summed E-state index contributed by atoms with van der Waals surface area (Å²) in [5.74, 6) is 0.527. The van der Waals surface area contributed by atoms with Gasteiger partial charge in [-0.05, 0) is 25.3 Å². The maximum atomic E-state index is 11.7. The minimum atomic E-state index is -0.00773. The molecule has 0 amide bonds. The molecule has 0 N–H and O–H groups in total. The van der Waals surface area contributed by atoms with E-state index in [1.54, 1.807) is 23.0 Å². The van der Waals surface area contributed by atoms with Gasteiger partial charge in [-0.15, -0.1) is 0 Å². The van der Waals surface area contributed by atoms with Crippen molar-refractivity contribution in [2.24, 2.45) is 5.92 Å². The first-order valence-corrected chi connectivity index (χ1v) is 8.07. The highest BCUT2D eigenvalue weighted by molar-refractivity contribution is 5.19. The Labute approximate surface area is 129 Å². The van der Waals surface area contributed by atoms with Crippen LogP contribution in [-0.2, 0) is 26.1 Å². The molecule has 0 unspecified atom stereocenters. The van der Waals surface area contributed by atoms with E-state index in [9.17, 15) is 4.79 Å². The fourth-order valence-electron chi connectivity index (χ4n) is 3.55. The lowest BCUT2D eigenvalue weighted by atomic mass is 9.98. The van der Waals surface area contributed by atoms with E-state index in [0.29, 0.717) is 5.92 Å². The SMILES string of the molecule is O=c1cccnn1CC1CN(Cc2cnn3c2CCCC3)C1. The number of hydrogen-bond donors (Lipinski definition) is 0. The maximum Gasteiger partial charge on any atom is 0.266 e. The Morgan fingerprint density at radius 2 is 2.14 bits per heavy atom. The summed E-state index contributed by atoms with van der Waals surface area (Å²) < 4.78 is 3.74. The molecule has 1 saturated heterocycles. The third-order valence-electron chi connectivity index (χ3n) is 4.71. The third kappa shape index (κ3) is 2.59. The van der Waals surface area contributed by atoms with Gasteiger partial charge in [0.15, 0.2) is 0 Å². The number of aryl methyl sites for hydroxylation is 1. The summed E-state index contributed by atoms with van der Waals surface area (Å²) in [7, 11) is 0. The van der Waals surface area contributed by atoms with Gasteiger partial charge in [0.05, 0.1) is 12.7 Å². The molecule has 2 aliphatic rings. The number of rotatable bonds is 4. The van der Waals surface area contributed by atoms with Crippen LogP contribution in [0.2, 0.25) is 0 Å². The van der Waals surface area contributed by atoms with Crippen molar-refractivity contribution in [3.63, 3.8) is 0 Å². The van der Waals surface area contributed by atoms with Gasteiger partial charge in [0, 0.05) is 55.6 Å². The van der Waals surface area contributed by atoms with Gasteiger partial charge < -0.3 is 0 Å². The van der Waals surface area contributed by atoms with E-state index in [1.165, 1.54) is 24.1 Å². The molecule has 4 heterocycles. The Bertz CT molecular complexity index is 713. The van der Waals surface area contributed by atoms with E-state index in [4.69, 9.17) is 0 Å². The molecule has 6 heteroatoms. The normalized spacial score (nSPS) is 18.9. The lowest BCUT2D eigenvalue weighted by Gasteiger charge is -2.39. The Morgan fingerprint density at radius 1 is 1.23 bits per heavy atom. The standard InChI is InChI=1S/C16H21N5O/c22-16-5-3-6-17-21(16)11-13-9-19(10-13)12-14-8-18-20-7-2-1-4-15(14)20/h3,5-6,8,13H,1-2,4,7,9-12H2. The van der Waals surface area contributed by atoms with Crippen LogP contribution in [-0.4, -0.2) is 37.6 Å². The van der Waals surface area contributed by atoms with Crippen LogP contribution < -0.4 is 5.56 Å². The summed E-state index contributed by atoms with van der Waals surface area (Å²) in [4.78, 5) is 14.1. The zero-order valence-corrected chi connectivity index (χ0v) is 12.7. The van der Waals surface area contributed by atoms with E-state index in [1.807, 2.05) is 6.20 Å². The fourth-order valence-corrected chi connectivity index (χ4v) is 3.55. The second-order valence-corrected chi connectivity index (χ2v) is 6.40. The molecule has 4 rings (SSSR count). The first kappa shape index (κ1) is 13.7. The number of hydrogen-bond acceptors (Lipinski definition) is 4. The molecular formula is C16H21N5O. The van der Waals surface area contributed by atoms with Crippen LogP contribution in [0, 0.1) is 5.92 Å². The van der Waals surface area contributed by atoms with Crippen molar-refractivity contribution >= 4 is 0 Å². The van der Waals surface area contributed by atoms with Gasteiger partial charge in [0.25, 0.3) is 5.56 Å². The van der Waals surface area contributed by atoms with Gasteiger partial charge in [0.2, 0.25) is 0 Å². The minimum Gasteiger partial charge on any atom is -0.298 e. The van der Waals surface area contributed by atoms with Gasteiger partial charge in [-0.2, -0.15) is 10.2 Å². The second-order valence-electron chi connectivity index (χ2n) is 6.40. The van der Waals surface area contributed by atoms with Crippen LogP contribution in [0.1, 0.15) is 24.1 Å². The molecule has 0 aliphatic carbocycles. The Balaban J connectivity index is 1.33. The van der Waals surface area contributed by atoms with Gasteiger partial charge in [0.1, 0.15) is 0 Å². The van der Waals surface area contributed by atoms with Crippen LogP contribution in [0.15, 0.2) is 29.3 Å². The molecule has 0 atom stereocenters. The molecule has 2 aromatic heterocycles. The molecule has 22 heavy (non-hydrogen) atoms. The van der Waals surface area contributed by atoms with Gasteiger partial charge >= 0.3 is 0 Å². The minimum absolute atomic E-state index is 0.00773. The number of aromatic nitrogens is 4. The van der Waals surface area contributed by atoms with E-state index >= 15 is 0 Å². The summed E-state index contributed by atoms with van der Waals surface area (Å²) in [6.45, 7) is 4.85. The monoisotopic (exact) mass is 299 g/mol. The van der Waals surface area contributed by atoms with Crippen LogP contribution >= 0.6 is 0 Å². The van der Waals surface area contributed by atoms with Crippen molar-refractivity contribution in [2.75, 3.05) is 13.1 Å². The molecule has 2 aromatic rings. The average molecular weight is 299 g/mol. The number of likely N-dealkylation sites (tertiary alicyclic amines) is 1. The second kappa shape index (κ2) is 5.68. The third-order valence-corrected chi connectivity index (χ3v) is 4.71. The smallest absolute Gasteiger partial charge is 0.266 e. The molecule has 1 fully saturated rings. The Kier molecular flexibility index (Phi) is 3.54. The fraction of sp³-hybridized carbons (Fsp3) is 0.562. The lowest BCUT2D eigenvalue weighted by Crippen LogP contribution is -2.48. The molecule has 0 radical (unpaired) electrons. The molecule has 6 nitrogen and oxygen atoms in total. The van der Waals surface area contributed by atoms with Crippen LogP contribution in [0.25, 0.3) is 0 Å². The summed E-state index contributed by atoms with van der Waals surface area (Å²) in [5.41, 5.74) is 2.80. The highest BCUT2D eigenvalue weighted by Gasteiger charge is 2.28. The van der Waals surface area contributed by atoms with Crippen molar-refractivity contribution in [1.29, 1.82) is 0 Å². The molecule has 0 saturated carbocycles. The molecule has 0 bridgehead atoms. The maximum absolute atomic E-state index is 11.7. The van der Waals surface area contributed by atoms with E-state index < -0.39 is 0 Å². The van der Waals surface area contributed by atoms with Crippen LogP contribution in [0.4, 0.5) is 0 Å². The van der Waals surface area contributed by atoms with Crippen molar-refractivity contribution < 1.29 is 0 Å². The van der Waals surface area contributed by atoms with Crippen molar-refractivity contribution in [2.45, 2.75) is 38.9 Å². The van der Waals surface area contributed by atoms with Crippen LogP contribution in [0.5, 0.6) is 0 Å². The first-order chi connectivity index (χ1) is 10.8. The average Bonchev–Trinajstić information content (AvgIpc) is 2.90. The van der Waals surface area contributed by atoms with Crippen molar-refractivity contribution in [3.05, 3.63) is 46.1 Å². The van der Waals surface area contributed by atoms with Crippen molar-refractivity contribution in [1.82, 2.24) is 24.5 Å². The Hall–Kier alpha value is -1.95. The highest BCUT2D eigenvalue weighted by atomic mass is 16.1. The molecule has 2 aliphatic heterocycles. The quantitative estimate of drug-likeness (QED) is 0.842. The molecular weight excluding hydrogens is 278 g/mol. The van der Waals surface area contributed by atoms with Gasteiger partial charge in [-0.3, -0.25) is 14.4 Å². The number of fused-ring (bicyclic) bond motifs is 1. The predicted octanol–water partition coefficient (Wildman–Crippen LogP) is 0.908. The number of nitrogens with zero attached hydrogens (tertiary/aromatic N) is 5. The topological polar surface area (TPSA) is 56.0 Å². The van der Waals surface area contributed by atoms with Crippen molar-refractivity contribution in [3.8, 4) is 0 Å². The summed E-state index contributed by atoms with van der Waals surface area (Å²) in [6.07, 6.45) is 7.41.